The number of nitrogens with zero attached hydrogens (tertiary/aromatic N) is 1. The summed E-state index contributed by atoms with van der Waals surface area (Å²) in [6.07, 6.45) is 1.43. The minimum atomic E-state index is -0.987. The minimum absolute atomic E-state index is 0.0721. The van der Waals surface area contributed by atoms with Gasteiger partial charge >= 0.3 is 6.03 Å². The van der Waals surface area contributed by atoms with Crippen molar-refractivity contribution in [2.45, 2.75) is 0 Å². The van der Waals surface area contributed by atoms with E-state index in [2.05, 4.69) is 0 Å². The summed E-state index contributed by atoms with van der Waals surface area (Å²) in [5.74, 6) is 0. The Morgan fingerprint density at radius 1 is 1.43 bits per heavy atom. The first-order valence-electron chi connectivity index (χ1n) is 3.89. The molecule has 0 aliphatic rings. The van der Waals surface area contributed by atoms with Gasteiger partial charge in [0, 0.05) is 0 Å². The largest absolute Gasteiger partial charge is 0.350 e. The molecule has 0 atom stereocenters. The number of benzene rings is 1. The maximum atomic E-state index is 13.1. The number of carbonyl (C=O) groups excluding carboxylic acids is 2. The average Bonchev–Trinajstić information content (AvgIpc) is 2.26. The molecule has 0 aromatic heterocycles. The zero-order chi connectivity index (χ0) is 10.4. The Bertz CT molecular complexity index is 316. The molecule has 0 aliphatic carbocycles. The summed E-state index contributed by atoms with van der Waals surface area (Å²) >= 11 is 0. The number of hydrogen-bond acceptors (Lipinski definition) is 2. The molecule has 14 heavy (non-hydrogen) atoms. The van der Waals surface area contributed by atoms with E-state index in [0.717, 1.165) is 0 Å². The molecule has 0 saturated carbocycles. The quantitative estimate of drug-likeness (QED) is 0.736. The predicted octanol–water partition coefficient (Wildman–Crippen LogP) is 1.20. The van der Waals surface area contributed by atoms with Crippen molar-refractivity contribution >= 4 is 18.0 Å². The van der Waals surface area contributed by atoms with Gasteiger partial charge in [0.05, 0.1) is 12.2 Å². The molecule has 1 aromatic rings. The minimum Gasteiger partial charge on any atom is -0.328 e. The molecule has 1 radical (unpaired) electrons. The van der Waals surface area contributed by atoms with Gasteiger partial charge in [-0.3, -0.25) is 4.79 Å². The normalized spacial score (nSPS) is 9.21. The molecule has 0 spiro atoms. The topological polar surface area (TPSA) is 49.4 Å². The summed E-state index contributed by atoms with van der Waals surface area (Å²) in [7, 11) is 0. The van der Waals surface area contributed by atoms with Crippen molar-refractivity contribution < 1.29 is 14.1 Å². The van der Waals surface area contributed by atoms with Crippen LogP contribution in [0.25, 0.3) is 0 Å². The van der Waals surface area contributed by atoms with Crippen LogP contribution in [0.3, 0.4) is 0 Å². The van der Waals surface area contributed by atoms with Crippen molar-refractivity contribution in [2.75, 3.05) is 11.7 Å². The Morgan fingerprint density at radius 2 is 2.07 bits per heavy atom. The molecule has 73 valence electrons. The fraction of sp³-hybridized carbons (Fsp3) is 0.111. The zero-order valence-corrected chi connectivity index (χ0v) is 7.24. The lowest BCUT2D eigenvalue weighted by atomic mass is 10.3. The summed E-state index contributed by atoms with van der Waals surface area (Å²) in [5, 5.41) is 1.95. The molecular formula is C9H8FN2O2. The van der Waals surface area contributed by atoms with Crippen LogP contribution in [0.1, 0.15) is 0 Å². The van der Waals surface area contributed by atoms with Crippen molar-refractivity contribution in [3.63, 3.8) is 0 Å². The number of hydrogen-bond donors (Lipinski definition) is 1. The van der Waals surface area contributed by atoms with Crippen molar-refractivity contribution in [3.8, 4) is 0 Å². The molecule has 0 unspecified atom stereocenters. The molecule has 1 rings (SSSR count). The molecule has 0 saturated heterocycles. The fourth-order valence-corrected chi connectivity index (χ4v) is 0.857. The Kier molecular flexibility index (Phi) is 3.60. The van der Waals surface area contributed by atoms with Gasteiger partial charge in [-0.1, -0.05) is 22.7 Å². The average molecular weight is 195 g/mol. The second-order valence-electron chi connectivity index (χ2n) is 2.42. The first-order chi connectivity index (χ1) is 6.75. The highest BCUT2D eigenvalue weighted by Gasteiger charge is 2.13. The molecule has 0 heterocycles. The third-order valence-electron chi connectivity index (χ3n) is 1.47. The van der Waals surface area contributed by atoms with Gasteiger partial charge in [0.1, 0.15) is 0 Å². The Balaban J connectivity index is 2.61. The van der Waals surface area contributed by atoms with Crippen LogP contribution in [0, 0.1) is 0 Å². The predicted molar refractivity (Wildman–Crippen MR) is 49.1 cm³/mol. The van der Waals surface area contributed by atoms with Gasteiger partial charge in [-0.25, -0.2) is 4.79 Å². The lowest BCUT2D eigenvalue weighted by Gasteiger charge is -2.10. The van der Waals surface area contributed by atoms with E-state index in [1.165, 1.54) is 18.4 Å². The maximum absolute atomic E-state index is 13.1. The number of carbonyl (C=O) groups is 1. The van der Waals surface area contributed by atoms with Crippen LogP contribution in [-0.4, -0.2) is 18.9 Å². The first-order valence-corrected chi connectivity index (χ1v) is 3.89. The SMILES string of the molecule is O=[C]CNC(=O)N(F)c1ccccc1. The number of anilines is 1. The van der Waals surface area contributed by atoms with Gasteiger partial charge in [-0.05, 0) is 12.1 Å². The van der Waals surface area contributed by atoms with Gasteiger partial charge < -0.3 is 5.32 Å². The van der Waals surface area contributed by atoms with Crippen LogP contribution in [-0.2, 0) is 4.79 Å². The molecular weight excluding hydrogens is 187 g/mol. The molecule has 4 nitrogen and oxygen atoms in total. The summed E-state index contributed by atoms with van der Waals surface area (Å²) in [6.45, 7) is -0.327. The summed E-state index contributed by atoms with van der Waals surface area (Å²) in [6, 6.07) is 6.78. The number of urea groups is 1. The number of rotatable bonds is 3. The molecule has 0 fully saturated rings. The Hall–Kier alpha value is -1.91. The van der Waals surface area contributed by atoms with E-state index < -0.39 is 6.03 Å². The molecule has 1 aromatic carbocycles. The van der Waals surface area contributed by atoms with E-state index in [0.29, 0.717) is 0 Å². The second-order valence-corrected chi connectivity index (χ2v) is 2.42. The van der Waals surface area contributed by atoms with Crippen LogP contribution in [0.15, 0.2) is 30.3 Å². The van der Waals surface area contributed by atoms with Crippen molar-refractivity contribution in [3.05, 3.63) is 30.3 Å². The highest BCUT2D eigenvalue weighted by molar-refractivity contribution is 5.90. The van der Waals surface area contributed by atoms with Gasteiger partial charge in [-0.2, -0.15) is 0 Å². The third kappa shape index (κ3) is 2.55. The lowest BCUT2D eigenvalue weighted by Crippen LogP contribution is -2.35. The van der Waals surface area contributed by atoms with Crippen molar-refractivity contribution in [2.24, 2.45) is 0 Å². The zero-order valence-electron chi connectivity index (χ0n) is 7.24. The Morgan fingerprint density at radius 3 is 2.64 bits per heavy atom. The second kappa shape index (κ2) is 4.96. The number of amides is 2. The van der Waals surface area contributed by atoms with Crippen LogP contribution in [0.2, 0.25) is 0 Å². The number of halogens is 1. The summed E-state index contributed by atoms with van der Waals surface area (Å²) < 4.78 is 13.1. The summed E-state index contributed by atoms with van der Waals surface area (Å²) in [4.78, 5) is 20.8. The van der Waals surface area contributed by atoms with E-state index in [4.69, 9.17) is 0 Å². The number of nitrogens with one attached hydrogen (secondary N) is 1. The summed E-state index contributed by atoms with van der Waals surface area (Å²) in [5.41, 5.74) is 0.107. The lowest BCUT2D eigenvalue weighted by molar-refractivity contribution is 0.234. The first kappa shape index (κ1) is 10.2. The highest BCUT2D eigenvalue weighted by Crippen LogP contribution is 2.12. The standard InChI is InChI=1S/C9H8FN2O2/c10-12(9(14)11-6-7-13)8-4-2-1-3-5-8/h1-5H,6H2,(H,11,14). The third-order valence-corrected chi connectivity index (χ3v) is 1.47. The Labute approximate surface area is 80.3 Å². The molecule has 1 N–H and O–H groups in total. The maximum Gasteiger partial charge on any atom is 0.350 e. The molecule has 0 aliphatic heterocycles. The van der Waals surface area contributed by atoms with E-state index in [-0.39, 0.29) is 17.4 Å². The molecule has 2 amide bonds. The van der Waals surface area contributed by atoms with Gasteiger partial charge in [0.2, 0.25) is 6.29 Å². The van der Waals surface area contributed by atoms with Crippen molar-refractivity contribution in [1.82, 2.24) is 5.32 Å². The van der Waals surface area contributed by atoms with E-state index in [1.807, 2.05) is 5.32 Å². The van der Waals surface area contributed by atoms with Crippen LogP contribution >= 0.6 is 0 Å². The van der Waals surface area contributed by atoms with E-state index in [1.54, 1.807) is 18.2 Å². The highest BCUT2D eigenvalue weighted by atomic mass is 19.2. The van der Waals surface area contributed by atoms with Gasteiger partial charge in [0.15, 0.2) is 0 Å². The van der Waals surface area contributed by atoms with Gasteiger partial charge in [0.25, 0.3) is 0 Å². The monoisotopic (exact) mass is 195 g/mol. The van der Waals surface area contributed by atoms with Crippen LogP contribution in [0.4, 0.5) is 15.0 Å². The van der Waals surface area contributed by atoms with E-state index >= 15 is 0 Å². The van der Waals surface area contributed by atoms with Gasteiger partial charge in [-0.15, -0.1) is 5.12 Å². The molecule has 0 bridgehead atoms. The van der Waals surface area contributed by atoms with E-state index in [9.17, 15) is 14.1 Å². The molecule has 5 heteroatoms. The smallest absolute Gasteiger partial charge is 0.328 e. The fourth-order valence-electron chi connectivity index (χ4n) is 0.857. The van der Waals surface area contributed by atoms with Crippen LogP contribution < -0.4 is 10.4 Å². The van der Waals surface area contributed by atoms with Crippen molar-refractivity contribution in [1.29, 1.82) is 0 Å². The number of para-hydroxylation sites is 1. The van der Waals surface area contributed by atoms with Crippen LogP contribution in [0.5, 0.6) is 0 Å².